The number of hydrogen-bond donors (Lipinski definition) is 2. The molecule has 0 atom stereocenters. The topological polar surface area (TPSA) is 67.4 Å². The first-order chi connectivity index (χ1) is 11.0. The van der Waals surface area contributed by atoms with Crippen molar-refractivity contribution in [1.29, 1.82) is 0 Å². The monoisotopic (exact) mass is 312 g/mol. The highest BCUT2D eigenvalue weighted by molar-refractivity contribution is 5.98. The van der Waals surface area contributed by atoms with Gasteiger partial charge in [-0.25, -0.2) is 4.79 Å². The molecule has 0 unspecified atom stereocenters. The predicted molar refractivity (Wildman–Crippen MR) is 90.8 cm³/mol. The number of aryl methyl sites for hydroxylation is 1. The molecule has 5 heteroatoms. The molecule has 0 aliphatic rings. The predicted octanol–water partition coefficient (Wildman–Crippen LogP) is 3.14. The Morgan fingerprint density at radius 3 is 2.43 bits per heavy atom. The Morgan fingerprint density at radius 1 is 1.00 bits per heavy atom. The van der Waals surface area contributed by atoms with Crippen molar-refractivity contribution in [3.8, 4) is 0 Å². The maximum atomic E-state index is 12.1. The first-order valence-electron chi connectivity index (χ1n) is 7.30. The van der Waals surface area contributed by atoms with Gasteiger partial charge in [-0.15, -0.1) is 0 Å². The zero-order valence-electron chi connectivity index (χ0n) is 13.5. The van der Waals surface area contributed by atoms with E-state index in [0.29, 0.717) is 11.3 Å². The fourth-order valence-corrected chi connectivity index (χ4v) is 2.18. The van der Waals surface area contributed by atoms with E-state index in [1.807, 2.05) is 32.0 Å². The van der Waals surface area contributed by atoms with Crippen LogP contribution in [0.2, 0.25) is 0 Å². The maximum absolute atomic E-state index is 12.1. The molecule has 23 heavy (non-hydrogen) atoms. The van der Waals surface area contributed by atoms with Crippen LogP contribution in [0.5, 0.6) is 0 Å². The van der Waals surface area contributed by atoms with Crippen molar-refractivity contribution in [2.24, 2.45) is 0 Å². The van der Waals surface area contributed by atoms with E-state index < -0.39 is 5.97 Å². The molecule has 120 valence electrons. The SMILES string of the molecule is COC(=O)c1ccccc1NCC(=O)Nc1cccc(C)c1C. The standard InChI is InChI=1S/C18H20N2O3/c1-12-7-6-10-15(13(12)2)20-17(21)11-19-16-9-5-4-8-14(16)18(22)23-3/h4-10,19H,11H2,1-3H3,(H,20,21). The van der Waals surface area contributed by atoms with Crippen LogP contribution < -0.4 is 10.6 Å². The second-order valence-electron chi connectivity index (χ2n) is 5.19. The van der Waals surface area contributed by atoms with Crippen molar-refractivity contribution in [3.63, 3.8) is 0 Å². The fourth-order valence-electron chi connectivity index (χ4n) is 2.18. The second kappa shape index (κ2) is 7.45. The van der Waals surface area contributed by atoms with Gasteiger partial charge in [-0.3, -0.25) is 4.79 Å². The third-order valence-corrected chi connectivity index (χ3v) is 3.65. The molecule has 0 spiro atoms. The van der Waals surface area contributed by atoms with Gasteiger partial charge >= 0.3 is 5.97 Å². The lowest BCUT2D eigenvalue weighted by Gasteiger charge is -2.13. The Labute approximate surface area is 135 Å². The van der Waals surface area contributed by atoms with E-state index in [4.69, 9.17) is 4.74 Å². The third-order valence-electron chi connectivity index (χ3n) is 3.65. The van der Waals surface area contributed by atoms with Crippen LogP contribution >= 0.6 is 0 Å². The first kappa shape index (κ1) is 16.5. The lowest BCUT2D eigenvalue weighted by atomic mass is 10.1. The summed E-state index contributed by atoms with van der Waals surface area (Å²) in [6.07, 6.45) is 0. The van der Waals surface area contributed by atoms with E-state index >= 15 is 0 Å². The van der Waals surface area contributed by atoms with Gasteiger partial charge in [-0.1, -0.05) is 24.3 Å². The van der Waals surface area contributed by atoms with Gasteiger partial charge in [0.15, 0.2) is 0 Å². The molecule has 1 amide bonds. The highest BCUT2D eigenvalue weighted by atomic mass is 16.5. The summed E-state index contributed by atoms with van der Waals surface area (Å²) < 4.78 is 4.73. The van der Waals surface area contributed by atoms with E-state index in [9.17, 15) is 9.59 Å². The molecule has 0 bridgehead atoms. The Balaban J connectivity index is 2.03. The number of carbonyl (C=O) groups excluding carboxylic acids is 2. The number of hydrogen-bond acceptors (Lipinski definition) is 4. The minimum absolute atomic E-state index is 0.0569. The fraction of sp³-hybridized carbons (Fsp3) is 0.222. The van der Waals surface area contributed by atoms with Crippen LogP contribution in [0.25, 0.3) is 0 Å². The maximum Gasteiger partial charge on any atom is 0.339 e. The third kappa shape index (κ3) is 4.10. The molecule has 0 saturated heterocycles. The Bertz CT molecular complexity index is 726. The molecule has 0 heterocycles. The lowest BCUT2D eigenvalue weighted by Crippen LogP contribution is -2.23. The number of benzene rings is 2. The van der Waals surface area contributed by atoms with Gasteiger partial charge in [0.05, 0.1) is 19.2 Å². The summed E-state index contributed by atoms with van der Waals surface area (Å²) >= 11 is 0. The second-order valence-corrected chi connectivity index (χ2v) is 5.19. The van der Waals surface area contributed by atoms with Crippen LogP contribution in [-0.4, -0.2) is 25.5 Å². The van der Waals surface area contributed by atoms with Crippen molar-refractivity contribution < 1.29 is 14.3 Å². The molecule has 0 fully saturated rings. The van der Waals surface area contributed by atoms with Crippen LogP contribution in [0.4, 0.5) is 11.4 Å². The highest BCUT2D eigenvalue weighted by Crippen LogP contribution is 2.18. The van der Waals surface area contributed by atoms with Gasteiger partial charge in [-0.05, 0) is 43.2 Å². The van der Waals surface area contributed by atoms with Gasteiger partial charge in [0.2, 0.25) is 5.91 Å². The molecular weight excluding hydrogens is 292 g/mol. The molecule has 2 N–H and O–H groups in total. The zero-order chi connectivity index (χ0) is 16.8. The summed E-state index contributed by atoms with van der Waals surface area (Å²) in [6.45, 7) is 4.02. The van der Waals surface area contributed by atoms with E-state index in [1.165, 1.54) is 7.11 Å². The Morgan fingerprint density at radius 2 is 1.70 bits per heavy atom. The lowest BCUT2D eigenvalue weighted by molar-refractivity contribution is -0.114. The average Bonchev–Trinajstić information content (AvgIpc) is 2.56. The number of methoxy groups -OCH3 is 1. The average molecular weight is 312 g/mol. The van der Waals surface area contributed by atoms with Crippen LogP contribution in [0.3, 0.4) is 0 Å². The minimum atomic E-state index is -0.442. The summed E-state index contributed by atoms with van der Waals surface area (Å²) in [5.74, 6) is -0.624. The van der Waals surface area contributed by atoms with Gasteiger partial charge in [0, 0.05) is 11.4 Å². The number of ether oxygens (including phenoxy) is 1. The molecular formula is C18H20N2O3. The number of carbonyl (C=O) groups is 2. The van der Waals surface area contributed by atoms with Crippen LogP contribution in [0.15, 0.2) is 42.5 Å². The van der Waals surface area contributed by atoms with E-state index in [2.05, 4.69) is 10.6 Å². The molecule has 0 aromatic heterocycles. The molecule has 0 aliphatic heterocycles. The normalized spacial score (nSPS) is 10.0. The van der Waals surface area contributed by atoms with Crippen molar-refractivity contribution >= 4 is 23.3 Å². The van der Waals surface area contributed by atoms with Crippen molar-refractivity contribution in [2.75, 3.05) is 24.3 Å². The summed E-state index contributed by atoms with van der Waals surface area (Å²) in [5, 5.41) is 5.84. The van der Waals surface area contributed by atoms with Gasteiger partial charge in [-0.2, -0.15) is 0 Å². The highest BCUT2D eigenvalue weighted by Gasteiger charge is 2.12. The summed E-state index contributed by atoms with van der Waals surface area (Å²) in [6, 6.07) is 12.7. The quantitative estimate of drug-likeness (QED) is 0.832. The number of amides is 1. The number of nitrogens with one attached hydrogen (secondary N) is 2. The van der Waals surface area contributed by atoms with Gasteiger partial charge < -0.3 is 15.4 Å². The van der Waals surface area contributed by atoms with Crippen molar-refractivity contribution in [3.05, 3.63) is 59.2 Å². The smallest absolute Gasteiger partial charge is 0.339 e. The number of rotatable bonds is 5. The molecule has 2 rings (SSSR count). The zero-order valence-corrected chi connectivity index (χ0v) is 13.5. The van der Waals surface area contributed by atoms with Crippen LogP contribution in [-0.2, 0) is 9.53 Å². The molecule has 0 aliphatic carbocycles. The minimum Gasteiger partial charge on any atom is -0.465 e. The van der Waals surface area contributed by atoms with Gasteiger partial charge in [0.25, 0.3) is 0 Å². The summed E-state index contributed by atoms with van der Waals surface area (Å²) in [4.78, 5) is 23.8. The number of para-hydroxylation sites is 1. The Kier molecular flexibility index (Phi) is 5.36. The Hall–Kier alpha value is -2.82. The van der Waals surface area contributed by atoms with E-state index in [1.54, 1.807) is 24.3 Å². The van der Waals surface area contributed by atoms with E-state index in [0.717, 1.165) is 16.8 Å². The van der Waals surface area contributed by atoms with Crippen LogP contribution in [0.1, 0.15) is 21.5 Å². The largest absolute Gasteiger partial charge is 0.465 e. The molecule has 0 saturated carbocycles. The van der Waals surface area contributed by atoms with Crippen molar-refractivity contribution in [2.45, 2.75) is 13.8 Å². The van der Waals surface area contributed by atoms with Crippen LogP contribution in [0, 0.1) is 13.8 Å². The molecule has 0 radical (unpaired) electrons. The molecule has 2 aromatic rings. The first-order valence-corrected chi connectivity index (χ1v) is 7.30. The number of esters is 1. The van der Waals surface area contributed by atoms with Gasteiger partial charge in [0.1, 0.15) is 0 Å². The molecule has 2 aromatic carbocycles. The summed E-state index contributed by atoms with van der Waals surface area (Å²) in [5.41, 5.74) is 3.91. The molecule has 5 nitrogen and oxygen atoms in total. The number of anilines is 2. The van der Waals surface area contributed by atoms with Crippen molar-refractivity contribution in [1.82, 2.24) is 0 Å². The summed E-state index contributed by atoms with van der Waals surface area (Å²) in [7, 11) is 1.33. The van der Waals surface area contributed by atoms with E-state index in [-0.39, 0.29) is 12.5 Å².